The summed E-state index contributed by atoms with van der Waals surface area (Å²) in [6.45, 7) is 8.87. The van der Waals surface area contributed by atoms with E-state index in [2.05, 4.69) is 33.8 Å². The number of carboxylic acid groups (broad SMARTS) is 1. The highest BCUT2D eigenvalue weighted by atomic mass is 16.4. The molecule has 0 atom stereocenters. The van der Waals surface area contributed by atoms with E-state index in [9.17, 15) is 4.79 Å². The molecule has 0 saturated carbocycles. The van der Waals surface area contributed by atoms with Crippen molar-refractivity contribution in [2.24, 2.45) is 5.41 Å². The monoisotopic (exact) mass is 246 g/mol. The van der Waals surface area contributed by atoms with Crippen molar-refractivity contribution in [3.05, 3.63) is 33.9 Å². The van der Waals surface area contributed by atoms with Crippen LogP contribution in [-0.2, 0) is 24.1 Å². The van der Waals surface area contributed by atoms with Gasteiger partial charge in [0, 0.05) is 6.42 Å². The molecule has 2 rings (SSSR count). The number of benzene rings is 1. The topological polar surface area (TPSA) is 37.3 Å². The molecule has 98 valence electrons. The molecule has 0 unspecified atom stereocenters. The number of carbonyl (C=O) groups is 1. The van der Waals surface area contributed by atoms with Gasteiger partial charge in [0.1, 0.15) is 0 Å². The SMILES string of the molecule is Cc1cc2c(c(C)c1CCC(=O)O)CC(C)(C)C2. The van der Waals surface area contributed by atoms with Gasteiger partial charge in [-0.3, -0.25) is 4.79 Å². The van der Waals surface area contributed by atoms with Crippen molar-refractivity contribution in [1.29, 1.82) is 0 Å². The summed E-state index contributed by atoms with van der Waals surface area (Å²) in [7, 11) is 0. The first-order valence-corrected chi connectivity index (χ1v) is 6.63. The molecule has 2 nitrogen and oxygen atoms in total. The summed E-state index contributed by atoms with van der Waals surface area (Å²) < 4.78 is 0. The fraction of sp³-hybridized carbons (Fsp3) is 0.562. The Balaban J connectivity index is 2.37. The maximum atomic E-state index is 10.7. The highest BCUT2D eigenvalue weighted by Gasteiger charge is 2.30. The second kappa shape index (κ2) is 4.42. The smallest absolute Gasteiger partial charge is 0.303 e. The van der Waals surface area contributed by atoms with Crippen molar-refractivity contribution in [3.8, 4) is 0 Å². The molecule has 0 aliphatic heterocycles. The van der Waals surface area contributed by atoms with Crippen molar-refractivity contribution in [1.82, 2.24) is 0 Å². The zero-order valence-corrected chi connectivity index (χ0v) is 11.8. The Labute approximate surface area is 109 Å². The van der Waals surface area contributed by atoms with Gasteiger partial charge in [0.25, 0.3) is 0 Å². The van der Waals surface area contributed by atoms with Crippen LogP contribution < -0.4 is 0 Å². The Hall–Kier alpha value is -1.31. The summed E-state index contributed by atoms with van der Waals surface area (Å²) in [5.41, 5.74) is 7.11. The zero-order chi connectivity index (χ0) is 13.5. The lowest BCUT2D eigenvalue weighted by Crippen LogP contribution is -2.09. The van der Waals surface area contributed by atoms with E-state index in [4.69, 9.17) is 5.11 Å². The van der Waals surface area contributed by atoms with Gasteiger partial charge in [-0.05, 0) is 66.3 Å². The normalized spacial score (nSPS) is 16.7. The highest BCUT2D eigenvalue weighted by molar-refractivity contribution is 5.67. The van der Waals surface area contributed by atoms with E-state index in [1.807, 2.05) is 0 Å². The van der Waals surface area contributed by atoms with Crippen LogP contribution >= 0.6 is 0 Å². The van der Waals surface area contributed by atoms with Crippen LogP contribution in [0, 0.1) is 19.3 Å². The lowest BCUT2D eigenvalue weighted by Gasteiger charge is -2.15. The van der Waals surface area contributed by atoms with Crippen LogP contribution in [0.3, 0.4) is 0 Å². The molecule has 0 saturated heterocycles. The number of rotatable bonds is 3. The minimum Gasteiger partial charge on any atom is -0.481 e. The van der Waals surface area contributed by atoms with Crippen molar-refractivity contribution < 1.29 is 9.90 Å². The molecule has 0 aromatic heterocycles. The van der Waals surface area contributed by atoms with Gasteiger partial charge in [-0.2, -0.15) is 0 Å². The largest absolute Gasteiger partial charge is 0.481 e. The van der Waals surface area contributed by atoms with Gasteiger partial charge in [-0.15, -0.1) is 0 Å². The van der Waals surface area contributed by atoms with E-state index in [0.29, 0.717) is 11.8 Å². The molecule has 18 heavy (non-hydrogen) atoms. The molecular formula is C16H22O2. The third kappa shape index (κ3) is 2.43. The van der Waals surface area contributed by atoms with E-state index in [-0.39, 0.29) is 6.42 Å². The lowest BCUT2D eigenvalue weighted by molar-refractivity contribution is -0.136. The summed E-state index contributed by atoms with van der Waals surface area (Å²) in [5, 5.41) is 8.83. The number of aliphatic carboxylic acids is 1. The van der Waals surface area contributed by atoms with Crippen LogP contribution in [-0.4, -0.2) is 11.1 Å². The lowest BCUT2D eigenvalue weighted by atomic mass is 9.89. The van der Waals surface area contributed by atoms with Gasteiger partial charge in [0.05, 0.1) is 0 Å². The fourth-order valence-electron chi connectivity index (χ4n) is 3.23. The summed E-state index contributed by atoms with van der Waals surface area (Å²) in [6, 6.07) is 2.27. The van der Waals surface area contributed by atoms with Crippen molar-refractivity contribution >= 4 is 5.97 Å². The van der Waals surface area contributed by atoms with Crippen LogP contribution in [0.25, 0.3) is 0 Å². The van der Waals surface area contributed by atoms with Crippen molar-refractivity contribution in [2.75, 3.05) is 0 Å². The predicted octanol–water partition coefficient (Wildman–Crippen LogP) is 3.45. The number of carboxylic acids is 1. The van der Waals surface area contributed by atoms with Gasteiger partial charge in [-0.25, -0.2) is 0 Å². The van der Waals surface area contributed by atoms with Crippen molar-refractivity contribution in [2.45, 2.75) is 53.4 Å². The second-order valence-electron chi connectivity index (χ2n) is 6.35. The van der Waals surface area contributed by atoms with E-state index in [1.54, 1.807) is 0 Å². The van der Waals surface area contributed by atoms with Crippen molar-refractivity contribution in [3.63, 3.8) is 0 Å². The van der Waals surface area contributed by atoms with E-state index in [0.717, 1.165) is 12.8 Å². The first-order valence-electron chi connectivity index (χ1n) is 6.63. The van der Waals surface area contributed by atoms with Gasteiger partial charge >= 0.3 is 5.97 Å². The Kier molecular flexibility index (Phi) is 3.22. The van der Waals surface area contributed by atoms with E-state index < -0.39 is 5.97 Å². The highest BCUT2D eigenvalue weighted by Crippen LogP contribution is 2.39. The Morgan fingerprint density at radius 3 is 2.61 bits per heavy atom. The first kappa shape index (κ1) is 13.1. The van der Waals surface area contributed by atoms with Crippen LogP contribution in [0.4, 0.5) is 0 Å². The summed E-state index contributed by atoms with van der Waals surface area (Å²) in [6.07, 6.45) is 3.14. The summed E-state index contributed by atoms with van der Waals surface area (Å²) in [4.78, 5) is 10.7. The fourth-order valence-corrected chi connectivity index (χ4v) is 3.23. The van der Waals surface area contributed by atoms with Crippen LogP contribution in [0.1, 0.15) is 48.1 Å². The molecule has 0 spiro atoms. The number of aryl methyl sites for hydroxylation is 1. The molecular weight excluding hydrogens is 224 g/mol. The van der Waals surface area contributed by atoms with Gasteiger partial charge in [0.2, 0.25) is 0 Å². The minimum atomic E-state index is -0.713. The average Bonchev–Trinajstić information content (AvgIpc) is 2.52. The third-order valence-corrected chi connectivity index (χ3v) is 4.07. The summed E-state index contributed by atoms with van der Waals surface area (Å²) in [5.74, 6) is -0.713. The average molecular weight is 246 g/mol. The quantitative estimate of drug-likeness (QED) is 0.887. The molecule has 1 aliphatic rings. The molecule has 0 fully saturated rings. The second-order valence-corrected chi connectivity index (χ2v) is 6.35. The number of fused-ring (bicyclic) bond motifs is 1. The summed E-state index contributed by atoms with van der Waals surface area (Å²) >= 11 is 0. The predicted molar refractivity (Wildman–Crippen MR) is 73.1 cm³/mol. The Morgan fingerprint density at radius 1 is 1.33 bits per heavy atom. The molecule has 1 aromatic rings. The molecule has 0 bridgehead atoms. The zero-order valence-electron chi connectivity index (χ0n) is 11.8. The minimum absolute atomic E-state index is 0.226. The van der Waals surface area contributed by atoms with Gasteiger partial charge in [-0.1, -0.05) is 19.9 Å². The first-order chi connectivity index (χ1) is 8.30. The molecule has 1 aliphatic carbocycles. The number of hydrogen-bond donors (Lipinski definition) is 1. The van der Waals surface area contributed by atoms with Gasteiger partial charge < -0.3 is 5.11 Å². The standard InChI is InChI=1S/C16H22O2/c1-10-7-12-8-16(3,4)9-14(12)11(2)13(10)5-6-15(17)18/h7H,5-6,8-9H2,1-4H3,(H,17,18). The maximum Gasteiger partial charge on any atom is 0.303 e. The van der Waals surface area contributed by atoms with Crippen LogP contribution in [0.15, 0.2) is 6.07 Å². The van der Waals surface area contributed by atoms with Crippen LogP contribution in [0.5, 0.6) is 0 Å². The molecule has 0 amide bonds. The molecule has 2 heteroatoms. The van der Waals surface area contributed by atoms with Gasteiger partial charge in [0.15, 0.2) is 0 Å². The molecule has 0 heterocycles. The molecule has 1 N–H and O–H groups in total. The van der Waals surface area contributed by atoms with E-state index in [1.165, 1.54) is 27.8 Å². The Bertz CT molecular complexity index is 498. The molecule has 0 radical (unpaired) electrons. The van der Waals surface area contributed by atoms with Crippen LogP contribution in [0.2, 0.25) is 0 Å². The van der Waals surface area contributed by atoms with E-state index >= 15 is 0 Å². The Morgan fingerprint density at radius 2 is 2.00 bits per heavy atom. The molecule has 1 aromatic carbocycles. The number of hydrogen-bond acceptors (Lipinski definition) is 1. The maximum absolute atomic E-state index is 10.7. The third-order valence-electron chi connectivity index (χ3n) is 4.07.